The minimum atomic E-state index is 0.566. The van der Waals surface area contributed by atoms with Gasteiger partial charge in [-0.15, -0.1) is 0 Å². The number of benzene rings is 1. The zero-order chi connectivity index (χ0) is 20.6. The van der Waals surface area contributed by atoms with Crippen LogP contribution >= 0.6 is 0 Å². The van der Waals surface area contributed by atoms with Crippen LogP contribution < -0.4 is 10.5 Å². The van der Waals surface area contributed by atoms with Crippen molar-refractivity contribution in [2.75, 3.05) is 13.2 Å². The minimum absolute atomic E-state index is 0.566. The first kappa shape index (κ1) is 20.9. The number of unbranched alkanes of at least 4 members (excludes halogenated alkanes) is 1. The van der Waals surface area contributed by atoms with Crippen molar-refractivity contribution in [3.8, 4) is 5.75 Å². The summed E-state index contributed by atoms with van der Waals surface area (Å²) in [6.07, 6.45) is 13.0. The molecule has 3 N–H and O–H groups in total. The number of H-pyrrole nitrogens is 1. The Bertz CT molecular complexity index is 949. The third kappa shape index (κ3) is 5.39. The van der Waals surface area contributed by atoms with E-state index in [0.717, 1.165) is 59.8 Å². The summed E-state index contributed by atoms with van der Waals surface area (Å²) in [5, 5.41) is 0. The van der Waals surface area contributed by atoms with Crippen LogP contribution in [0.15, 0.2) is 48.2 Å². The molecule has 0 bridgehead atoms. The van der Waals surface area contributed by atoms with Gasteiger partial charge in [-0.1, -0.05) is 31.6 Å². The highest BCUT2D eigenvalue weighted by molar-refractivity contribution is 6.01. The van der Waals surface area contributed by atoms with Crippen molar-refractivity contribution >= 4 is 31.9 Å². The maximum Gasteiger partial charge on any atom is 0.586 e. The van der Waals surface area contributed by atoms with Crippen LogP contribution in [-0.2, 0) is 0 Å². The molecular weight excluding hydrogens is 357 g/mol. The Kier molecular flexibility index (Phi) is 7.31. The number of nitrogens with two attached hydrogens (primary N) is 1. The summed E-state index contributed by atoms with van der Waals surface area (Å²) >= 11 is 0. The molecule has 1 aromatic heterocycles. The second-order valence-corrected chi connectivity index (χ2v) is 7.21. The summed E-state index contributed by atoms with van der Waals surface area (Å²) in [7, 11) is 6.07. The maximum absolute atomic E-state index is 6.07. The lowest BCUT2D eigenvalue weighted by atomic mass is 10.0. The van der Waals surface area contributed by atoms with E-state index in [1.165, 1.54) is 5.56 Å². The van der Waals surface area contributed by atoms with Crippen molar-refractivity contribution in [1.82, 2.24) is 4.98 Å². The maximum atomic E-state index is 6.07. The smallest absolute Gasteiger partial charge is 0.494 e. The summed E-state index contributed by atoms with van der Waals surface area (Å²) in [6.45, 7) is 5.60. The third-order valence-electron chi connectivity index (χ3n) is 4.92. The first-order chi connectivity index (χ1) is 14.1. The average molecular weight is 386 g/mol. The van der Waals surface area contributed by atoms with Gasteiger partial charge < -0.3 is 15.5 Å². The quantitative estimate of drug-likeness (QED) is 0.494. The van der Waals surface area contributed by atoms with Gasteiger partial charge in [0.2, 0.25) is 0 Å². The molecule has 148 valence electrons. The van der Waals surface area contributed by atoms with Crippen molar-refractivity contribution in [2.45, 2.75) is 33.1 Å². The molecule has 5 heteroatoms. The van der Waals surface area contributed by atoms with E-state index in [4.69, 9.17) is 18.5 Å². The van der Waals surface area contributed by atoms with E-state index in [9.17, 15) is 0 Å². The number of hydrogen-bond donors (Lipinski definition) is 2. The monoisotopic (exact) mass is 386 g/mol. The van der Waals surface area contributed by atoms with Crippen LogP contribution in [0.5, 0.6) is 5.75 Å². The molecule has 1 aromatic carbocycles. The molecule has 4 nitrogen and oxygen atoms in total. The molecule has 2 heterocycles. The molecule has 0 saturated heterocycles. The molecule has 0 fully saturated rings. The number of nitrogens with zero attached hydrogens (tertiary/aromatic N) is 1. The lowest BCUT2D eigenvalue weighted by molar-refractivity contribution is -0.294. The molecule has 2 aromatic rings. The zero-order valence-electron chi connectivity index (χ0n) is 17.3. The minimum Gasteiger partial charge on any atom is -0.494 e. The Balaban J connectivity index is 1.76. The molecule has 2 radical (unpaired) electrons. The summed E-state index contributed by atoms with van der Waals surface area (Å²) in [5.74, 6) is 0.916. The highest BCUT2D eigenvalue weighted by atomic mass is 16.5. The van der Waals surface area contributed by atoms with Crippen molar-refractivity contribution in [3.63, 3.8) is 0 Å². The van der Waals surface area contributed by atoms with Gasteiger partial charge in [0.15, 0.2) is 5.70 Å². The fraction of sp³-hybridized carbons (Fsp3) is 0.292. The molecule has 0 spiro atoms. The Morgan fingerprint density at radius 1 is 1.24 bits per heavy atom. The lowest BCUT2D eigenvalue weighted by Crippen LogP contribution is -2.09. The molecule has 3 rings (SSSR count). The van der Waals surface area contributed by atoms with E-state index in [-0.39, 0.29) is 0 Å². The van der Waals surface area contributed by atoms with E-state index < -0.39 is 0 Å². The van der Waals surface area contributed by atoms with Crippen molar-refractivity contribution in [2.24, 2.45) is 5.73 Å². The van der Waals surface area contributed by atoms with Gasteiger partial charge in [-0.2, -0.15) is 0 Å². The van der Waals surface area contributed by atoms with Crippen LogP contribution in [0.25, 0.3) is 17.7 Å². The van der Waals surface area contributed by atoms with Gasteiger partial charge in [-0.3, -0.25) is 4.49 Å². The van der Waals surface area contributed by atoms with E-state index in [1.54, 1.807) is 4.49 Å². The van der Waals surface area contributed by atoms with Crippen molar-refractivity contribution in [1.29, 1.82) is 0 Å². The number of aryl methyl sites for hydroxylation is 1. The fourth-order valence-corrected chi connectivity index (χ4v) is 3.36. The number of nitrogens with one attached hydrogen (secondary N) is 1. The predicted octanol–water partition coefficient (Wildman–Crippen LogP) is 4.47. The Labute approximate surface area is 174 Å². The van der Waals surface area contributed by atoms with Crippen LogP contribution in [0.4, 0.5) is 0 Å². The number of allylic oxidation sites excluding steroid dienone is 2. The van der Waals surface area contributed by atoms with Crippen LogP contribution in [0.1, 0.15) is 48.7 Å². The molecule has 0 atom stereocenters. The van der Waals surface area contributed by atoms with Crippen LogP contribution in [0.3, 0.4) is 0 Å². The van der Waals surface area contributed by atoms with Gasteiger partial charge in [0, 0.05) is 23.4 Å². The number of hydrogen-bond acceptors (Lipinski definition) is 2. The van der Waals surface area contributed by atoms with E-state index in [1.807, 2.05) is 30.5 Å². The summed E-state index contributed by atoms with van der Waals surface area (Å²) in [4.78, 5) is 3.52. The standard InChI is InChI=1S/C24H29BN3O/c1-3-4-16-29-21-11-8-19(9-12-21)7-10-20-17-18(2)24(27-20)22(13-14-26)23-6-5-15-28(23)25/h5-12,15,17,27H,3-4,13-14,16,26H2,1-2H3/q+1/b10-7+. The predicted molar refractivity (Wildman–Crippen MR) is 123 cm³/mol. The van der Waals surface area contributed by atoms with Gasteiger partial charge in [0.1, 0.15) is 12.0 Å². The zero-order valence-corrected chi connectivity index (χ0v) is 17.3. The average Bonchev–Trinajstić information content (AvgIpc) is 3.31. The van der Waals surface area contributed by atoms with Gasteiger partial charge in [-0.05, 0) is 61.7 Å². The van der Waals surface area contributed by atoms with Gasteiger partial charge in [0.25, 0.3) is 0 Å². The molecule has 29 heavy (non-hydrogen) atoms. The molecule has 0 unspecified atom stereocenters. The highest BCUT2D eigenvalue weighted by Gasteiger charge is 2.20. The summed E-state index contributed by atoms with van der Waals surface area (Å²) < 4.78 is 7.37. The second-order valence-electron chi connectivity index (χ2n) is 7.21. The van der Waals surface area contributed by atoms with Crippen molar-refractivity contribution in [3.05, 3.63) is 70.7 Å². The van der Waals surface area contributed by atoms with Gasteiger partial charge in [0.05, 0.1) is 12.3 Å². The second kappa shape index (κ2) is 10.1. The van der Waals surface area contributed by atoms with Crippen LogP contribution in [0, 0.1) is 6.92 Å². The number of aromatic nitrogens is 1. The van der Waals surface area contributed by atoms with E-state index in [0.29, 0.717) is 6.54 Å². The highest BCUT2D eigenvalue weighted by Crippen LogP contribution is 2.27. The first-order valence-electron chi connectivity index (χ1n) is 10.2. The topological polar surface area (TPSA) is 54.0 Å². The SMILES string of the molecule is [B][N+]1=CC=CC1=C(CCN)c1[nH]c(/C=C/c2ccc(OCCCC)cc2)cc1C. The molecule has 0 saturated carbocycles. The van der Waals surface area contributed by atoms with Gasteiger partial charge >= 0.3 is 7.98 Å². The fourth-order valence-electron chi connectivity index (χ4n) is 3.36. The number of aromatic amines is 1. The van der Waals surface area contributed by atoms with E-state index in [2.05, 4.69) is 49.2 Å². The molecule has 0 amide bonds. The summed E-state index contributed by atoms with van der Waals surface area (Å²) in [6, 6.07) is 10.3. The Hall–Kier alpha value is -2.79. The molecule has 1 aliphatic heterocycles. The Morgan fingerprint density at radius 2 is 2.03 bits per heavy atom. The number of rotatable bonds is 9. The van der Waals surface area contributed by atoms with Crippen molar-refractivity contribution < 1.29 is 9.22 Å². The number of ether oxygens (including phenoxy) is 1. The first-order valence-corrected chi connectivity index (χ1v) is 10.2. The van der Waals surface area contributed by atoms with Gasteiger partial charge in [-0.25, -0.2) is 0 Å². The van der Waals surface area contributed by atoms with E-state index >= 15 is 0 Å². The Morgan fingerprint density at radius 3 is 2.69 bits per heavy atom. The molecule has 0 aliphatic carbocycles. The lowest BCUT2D eigenvalue weighted by Gasteiger charge is -2.07. The normalized spacial score (nSPS) is 15.2. The molecular formula is C24H29BN3O+. The largest absolute Gasteiger partial charge is 0.586 e. The van der Waals surface area contributed by atoms with Crippen LogP contribution in [-0.4, -0.2) is 36.8 Å². The molecule has 1 aliphatic rings. The summed E-state index contributed by atoms with van der Waals surface area (Å²) in [5.41, 5.74) is 12.4. The van der Waals surface area contributed by atoms with Crippen LogP contribution in [0.2, 0.25) is 0 Å². The third-order valence-corrected chi connectivity index (χ3v) is 4.92.